The summed E-state index contributed by atoms with van der Waals surface area (Å²) in [4.78, 5) is 43.4. The van der Waals surface area contributed by atoms with Crippen LogP contribution in [0.4, 0.5) is 26.9 Å². The predicted octanol–water partition coefficient (Wildman–Crippen LogP) is 6.58. The molecular weight excluding hydrogens is 684 g/mol. The van der Waals surface area contributed by atoms with E-state index in [0.717, 1.165) is 22.0 Å². The number of carbonyl (C=O) groups excluding carboxylic acids is 2. The largest absolute Gasteiger partial charge is 0.396 e. The van der Waals surface area contributed by atoms with Crippen LogP contribution in [0.5, 0.6) is 0 Å². The number of amides is 2. The quantitative estimate of drug-likeness (QED) is 0.0738. The van der Waals surface area contributed by atoms with Crippen molar-refractivity contribution < 1.29 is 28.5 Å². The number of fused-ring (bicyclic) bond motifs is 2. The van der Waals surface area contributed by atoms with Crippen LogP contribution in [0.2, 0.25) is 18.6 Å². The van der Waals surface area contributed by atoms with Crippen LogP contribution in [-0.2, 0) is 34.6 Å². The molecule has 4 atom stereocenters. The van der Waals surface area contributed by atoms with Gasteiger partial charge in [-0.3, -0.25) is 29.3 Å². The number of benzene rings is 4. The van der Waals surface area contributed by atoms with Gasteiger partial charge in [0.2, 0.25) is 8.41 Å². The SMILES string of the molecule is C[C@H]1[C@H]([Si](C)(C)F)[C@@H](CCn2cc(CCO)nn2)O[C@]12C(=O)N(Cc1cccc(N3C(=O)c4cccc5cccc3c45)c1)c1ccc([N+](=O)[O-])cc12. The minimum absolute atomic E-state index is 0.0657. The van der Waals surface area contributed by atoms with Gasteiger partial charge in [0.05, 0.1) is 40.2 Å². The van der Waals surface area contributed by atoms with Gasteiger partial charge >= 0.3 is 0 Å². The van der Waals surface area contributed by atoms with E-state index < -0.39 is 42.4 Å². The standard InChI is InChI=1S/C38H37FN6O6Si/c1-23-35(52(2,3)39)33(15-17-42-22-26(16-18-46)40-41-42)51-38(23)30-20-28(45(49)50)13-14-31(30)43(37(38)48)21-24-7-4-10-27(19-24)44-32-12-6-9-25-8-5-11-29(34(25)32)36(44)47/h4-14,19-20,22-23,33,35,46H,15-18,21H2,1-3H3/t23-,33+,35-,38+/m0/s1. The van der Waals surface area contributed by atoms with E-state index in [1.54, 1.807) is 39.8 Å². The Labute approximate surface area is 299 Å². The third-order valence-corrected chi connectivity index (χ3v) is 13.3. The van der Waals surface area contributed by atoms with Crippen molar-refractivity contribution in [1.82, 2.24) is 15.0 Å². The highest BCUT2D eigenvalue weighted by Gasteiger charge is 2.67. The number of aliphatic hydroxyl groups is 1. The van der Waals surface area contributed by atoms with Crippen LogP contribution in [0.25, 0.3) is 10.8 Å². The molecule has 266 valence electrons. The Kier molecular flexibility index (Phi) is 8.08. The highest BCUT2D eigenvalue weighted by Crippen LogP contribution is 2.60. The second-order valence-electron chi connectivity index (χ2n) is 14.3. The maximum Gasteiger partial charge on any atom is 0.269 e. The van der Waals surface area contributed by atoms with Gasteiger partial charge in [0.15, 0.2) is 5.60 Å². The number of halogens is 1. The number of nitrogens with zero attached hydrogens (tertiary/aromatic N) is 6. The van der Waals surface area contributed by atoms with E-state index in [0.29, 0.717) is 47.6 Å². The highest BCUT2D eigenvalue weighted by atomic mass is 28.4. The number of hydrogen-bond acceptors (Lipinski definition) is 8. The maximum atomic E-state index is 16.4. The normalized spacial score (nSPS) is 22.3. The monoisotopic (exact) mass is 720 g/mol. The average Bonchev–Trinajstić information content (AvgIpc) is 3.83. The smallest absolute Gasteiger partial charge is 0.269 e. The third kappa shape index (κ3) is 5.23. The molecule has 3 aliphatic heterocycles. The third-order valence-electron chi connectivity index (χ3n) is 10.8. The molecule has 1 N–H and O–H groups in total. The molecule has 0 radical (unpaired) electrons. The van der Waals surface area contributed by atoms with E-state index >= 15 is 4.11 Å². The topological polar surface area (TPSA) is 144 Å². The molecule has 12 nitrogen and oxygen atoms in total. The average molecular weight is 721 g/mol. The summed E-state index contributed by atoms with van der Waals surface area (Å²) in [7, 11) is -3.49. The first-order chi connectivity index (χ1) is 24.9. The van der Waals surface area contributed by atoms with E-state index in [9.17, 15) is 24.8 Å². The van der Waals surface area contributed by atoms with Crippen LogP contribution >= 0.6 is 0 Å². The molecule has 3 aliphatic rings. The second kappa shape index (κ2) is 12.4. The number of ether oxygens (including phenoxy) is 1. The molecule has 52 heavy (non-hydrogen) atoms. The summed E-state index contributed by atoms with van der Waals surface area (Å²) in [6.07, 6.45) is 1.73. The molecule has 5 aromatic rings. The molecule has 0 unspecified atom stereocenters. The number of carbonyl (C=O) groups is 2. The summed E-state index contributed by atoms with van der Waals surface area (Å²) in [5, 5.41) is 31.4. The van der Waals surface area contributed by atoms with Gasteiger partial charge in [0.25, 0.3) is 17.5 Å². The minimum atomic E-state index is -3.49. The Balaban J connectivity index is 1.15. The van der Waals surface area contributed by atoms with Crippen molar-refractivity contribution in [3.8, 4) is 0 Å². The molecule has 0 bridgehead atoms. The lowest BCUT2D eigenvalue weighted by Gasteiger charge is -2.31. The zero-order valence-corrected chi connectivity index (χ0v) is 29.9. The van der Waals surface area contributed by atoms with Gasteiger partial charge in [-0.05, 0) is 60.8 Å². The number of aromatic nitrogens is 3. The predicted molar refractivity (Wildman–Crippen MR) is 195 cm³/mol. The number of anilines is 3. The van der Waals surface area contributed by atoms with Gasteiger partial charge in [-0.15, -0.1) is 5.10 Å². The molecule has 4 aromatic carbocycles. The molecule has 1 aromatic heterocycles. The summed E-state index contributed by atoms with van der Waals surface area (Å²) in [5.41, 5.74) is 1.75. The van der Waals surface area contributed by atoms with Crippen LogP contribution in [0, 0.1) is 16.0 Å². The van der Waals surface area contributed by atoms with Gasteiger partial charge < -0.3 is 18.9 Å². The number of hydrogen-bond donors (Lipinski definition) is 1. The van der Waals surface area contributed by atoms with Gasteiger partial charge in [0.1, 0.15) is 0 Å². The highest BCUT2D eigenvalue weighted by molar-refractivity contribution is 6.72. The summed E-state index contributed by atoms with van der Waals surface area (Å²) >= 11 is 0. The van der Waals surface area contributed by atoms with Crippen LogP contribution < -0.4 is 9.80 Å². The zero-order valence-electron chi connectivity index (χ0n) is 28.9. The molecule has 14 heteroatoms. The Hall–Kier alpha value is -5.31. The summed E-state index contributed by atoms with van der Waals surface area (Å²) < 4.78 is 24.8. The van der Waals surface area contributed by atoms with Crippen molar-refractivity contribution in [1.29, 1.82) is 0 Å². The number of aliphatic hydroxyl groups excluding tert-OH is 1. The fourth-order valence-corrected chi connectivity index (χ4v) is 11.2. The molecule has 1 spiro atoms. The van der Waals surface area contributed by atoms with E-state index in [1.807, 2.05) is 67.6 Å². The lowest BCUT2D eigenvalue weighted by atomic mass is 9.82. The maximum absolute atomic E-state index is 16.4. The van der Waals surface area contributed by atoms with E-state index in [2.05, 4.69) is 10.3 Å². The van der Waals surface area contributed by atoms with Crippen molar-refractivity contribution in [3.05, 3.63) is 118 Å². The Bertz CT molecular complexity index is 2270. The van der Waals surface area contributed by atoms with Crippen molar-refractivity contribution in [2.45, 2.75) is 63.2 Å². The van der Waals surface area contributed by atoms with Crippen LogP contribution in [-0.4, -0.2) is 58.0 Å². The molecule has 4 heterocycles. The van der Waals surface area contributed by atoms with Gasteiger partial charge in [-0.1, -0.05) is 48.5 Å². The molecule has 0 saturated carbocycles. The van der Waals surface area contributed by atoms with E-state index in [-0.39, 0.29) is 24.7 Å². The number of aryl methyl sites for hydroxylation is 1. The fourth-order valence-electron chi connectivity index (χ4n) is 8.66. The minimum Gasteiger partial charge on any atom is -0.396 e. The van der Waals surface area contributed by atoms with Crippen LogP contribution in [0.1, 0.15) is 40.5 Å². The molecular formula is C38H37FN6O6Si. The molecule has 8 rings (SSSR count). The van der Waals surface area contributed by atoms with Gasteiger partial charge in [-0.25, -0.2) is 0 Å². The second-order valence-corrected chi connectivity index (χ2v) is 18.1. The number of rotatable bonds is 10. The first-order valence-electron chi connectivity index (χ1n) is 17.3. The number of nitro benzene ring substituents is 1. The Morgan fingerprint density at radius 1 is 1.04 bits per heavy atom. The zero-order chi connectivity index (χ0) is 36.5. The van der Waals surface area contributed by atoms with Crippen molar-refractivity contribution in [2.75, 3.05) is 16.4 Å². The summed E-state index contributed by atoms with van der Waals surface area (Å²) in [6, 6.07) is 23.2. The lowest BCUT2D eigenvalue weighted by molar-refractivity contribution is -0.385. The van der Waals surface area contributed by atoms with Gasteiger partial charge in [-0.2, -0.15) is 0 Å². The molecule has 2 amide bonds. The van der Waals surface area contributed by atoms with Gasteiger partial charge in [0, 0.05) is 66.0 Å². The number of non-ortho nitro benzene ring substituents is 1. The lowest BCUT2D eigenvalue weighted by Crippen LogP contribution is -2.45. The Morgan fingerprint density at radius 2 is 1.81 bits per heavy atom. The van der Waals surface area contributed by atoms with Crippen molar-refractivity contribution in [2.24, 2.45) is 5.92 Å². The molecule has 1 saturated heterocycles. The van der Waals surface area contributed by atoms with E-state index in [4.69, 9.17) is 4.74 Å². The van der Waals surface area contributed by atoms with Crippen molar-refractivity contribution >= 4 is 53.7 Å². The first-order valence-corrected chi connectivity index (χ1v) is 20.3. The summed E-state index contributed by atoms with van der Waals surface area (Å²) in [5.74, 6) is -1.20. The summed E-state index contributed by atoms with van der Waals surface area (Å²) in [6.45, 7) is 5.39. The van der Waals surface area contributed by atoms with E-state index in [1.165, 1.54) is 12.1 Å². The van der Waals surface area contributed by atoms with Crippen molar-refractivity contribution in [3.63, 3.8) is 0 Å². The molecule has 1 fully saturated rings. The Morgan fingerprint density at radius 3 is 2.56 bits per heavy atom. The van der Waals surface area contributed by atoms with Crippen LogP contribution in [0.3, 0.4) is 0 Å². The fraction of sp³-hybridized carbons (Fsp3) is 0.316. The van der Waals surface area contributed by atoms with Crippen LogP contribution in [0.15, 0.2) is 85.1 Å². The first kappa shape index (κ1) is 33.8. The number of nitro groups is 1. The molecule has 0 aliphatic carbocycles.